The highest BCUT2D eigenvalue weighted by atomic mass is 32.1. The average Bonchev–Trinajstić information content (AvgIpc) is 2.87. The van der Waals surface area contributed by atoms with Gasteiger partial charge < -0.3 is 0 Å². The summed E-state index contributed by atoms with van der Waals surface area (Å²) in [5.41, 5.74) is 6.86. The van der Waals surface area contributed by atoms with Crippen molar-refractivity contribution in [3.05, 3.63) is 57.3 Å². The fourth-order valence-corrected chi connectivity index (χ4v) is 2.79. The van der Waals surface area contributed by atoms with Crippen molar-refractivity contribution in [1.82, 2.24) is 5.43 Å². The van der Waals surface area contributed by atoms with E-state index in [2.05, 4.69) is 55.0 Å². The Morgan fingerprint density at radius 1 is 1.22 bits per heavy atom. The second kappa shape index (κ2) is 6.14. The molecule has 1 unspecified atom stereocenters. The topological polar surface area (TPSA) is 38.0 Å². The van der Waals surface area contributed by atoms with Gasteiger partial charge in [-0.2, -0.15) is 0 Å². The Kier molecular flexibility index (Phi) is 4.53. The molecule has 2 nitrogen and oxygen atoms in total. The zero-order valence-corrected chi connectivity index (χ0v) is 11.8. The van der Waals surface area contributed by atoms with Crippen molar-refractivity contribution >= 4 is 11.3 Å². The quantitative estimate of drug-likeness (QED) is 0.638. The maximum atomic E-state index is 5.69. The van der Waals surface area contributed by atoms with Crippen LogP contribution in [0.4, 0.5) is 0 Å². The number of nitrogens with one attached hydrogen (secondary N) is 1. The average molecular weight is 260 g/mol. The number of hydrogen-bond donors (Lipinski definition) is 2. The molecule has 1 aromatic heterocycles. The minimum Gasteiger partial charge on any atom is -0.271 e. The molecule has 3 heteroatoms. The van der Waals surface area contributed by atoms with Gasteiger partial charge in [-0.05, 0) is 54.8 Å². The third-order valence-electron chi connectivity index (χ3n) is 3.39. The standard InChI is InChI=1S/C15H20N2S/c1-11-5-6-13(10-12(11)2)15(17-16)8-7-14-4-3-9-18-14/h3-6,9-10,15,17H,7-8,16H2,1-2H3. The first kappa shape index (κ1) is 13.3. The van der Waals surface area contributed by atoms with Crippen LogP contribution in [0.3, 0.4) is 0 Å². The van der Waals surface area contributed by atoms with Crippen molar-refractivity contribution in [3.8, 4) is 0 Å². The highest BCUT2D eigenvalue weighted by Crippen LogP contribution is 2.22. The van der Waals surface area contributed by atoms with Gasteiger partial charge in [-0.1, -0.05) is 24.3 Å². The van der Waals surface area contributed by atoms with E-state index in [9.17, 15) is 0 Å². The summed E-state index contributed by atoms with van der Waals surface area (Å²) in [6.45, 7) is 4.28. The lowest BCUT2D eigenvalue weighted by Gasteiger charge is -2.17. The normalized spacial score (nSPS) is 12.6. The summed E-state index contributed by atoms with van der Waals surface area (Å²) in [5, 5.41) is 2.12. The first-order valence-electron chi connectivity index (χ1n) is 6.26. The fourth-order valence-electron chi connectivity index (χ4n) is 2.07. The van der Waals surface area contributed by atoms with Crippen LogP contribution in [0, 0.1) is 13.8 Å². The predicted molar refractivity (Wildman–Crippen MR) is 78.6 cm³/mol. The van der Waals surface area contributed by atoms with Crippen LogP contribution < -0.4 is 11.3 Å². The molecule has 0 saturated carbocycles. The van der Waals surface area contributed by atoms with Crippen molar-refractivity contribution in [3.63, 3.8) is 0 Å². The molecule has 1 aromatic carbocycles. The summed E-state index contributed by atoms with van der Waals surface area (Å²) < 4.78 is 0. The molecule has 3 N–H and O–H groups in total. The van der Waals surface area contributed by atoms with Crippen LogP contribution in [0.25, 0.3) is 0 Å². The Hall–Kier alpha value is -1.16. The van der Waals surface area contributed by atoms with Gasteiger partial charge in [0.1, 0.15) is 0 Å². The maximum Gasteiger partial charge on any atom is 0.0463 e. The fraction of sp³-hybridized carbons (Fsp3) is 0.333. The lowest BCUT2D eigenvalue weighted by Crippen LogP contribution is -2.28. The zero-order valence-electron chi connectivity index (χ0n) is 10.9. The summed E-state index contributed by atoms with van der Waals surface area (Å²) in [6.07, 6.45) is 2.10. The van der Waals surface area contributed by atoms with Gasteiger partial charge in [-0.3, -0.25) is 11.3 Å². The van der Waals surface area contributed by atoms with E-state index in [0.29, 0.717) is 0 Å². The van der Waals surface area contributed by atoms with Gasteiger partial charge in [0.15, 0.2) is 0 Å². The molecule has 0 saturated heterocycles. The molecule has 1 heterocycles. The van der Waals surface area contributed by atoms with E-state index in [1.165, 1.54) is 21.6 Å². The third kappa shape index (κ3) is 3.19. The molecule has 0 radical (unpaired) electrons. The van der Waals surface area contributed by atoms with E-state index >= 15 is 0 Å². The summed E-state index contributed by atoms with van der Waals surface area (Å²) >= 11 is 1.81. The number of hydrogen-bond acceptors (Lipinski definition) is 3. The van der Waals surface area contributed by atoms with Crippen LogP contribution in [0.2, 0.25) is 0 Å². The Balaban J connectivity index is 2.05. The minimum absolute atomic E-state index is 0.228. The third-order valence-corrected chi connectivity index (χ3v) is 4.33. The molecule has 2 rings (SSSR count). The largest absolute Gasteiger partial charge is 0.271 e. The molecule has 0 spiro atoms. The molecule has 0 amide bonds. The Morgan fingerprint density at radius 3 is 2.67 bits per heavy atom. The summed E-state index contributed by atoms with van der Waals surface area (Å²) in [7, 11) is 0. The lowest BCUT2D eigenvalue weighted by atomic mass is 9.98. The predicted octanol–water partition coefficient (Wildman–Crippen LogP) is 3.50. The van der Waals surface area contributed by atoms with Crippen molar-refractivity contribution in [1.29, 1.82) is 0 Å². The van der Waals surface area contributed by atoms with E-state index in [4.69, 9.17) is 5.84 Å². The lowest BCUT2D eigenvalue weighted by molar-refractivity contribution is 0.518. The van der Waals surface area contributed by atoms with E-state index in [1.807, 2.05) is 11.3 Å². The highest BCUT2D eigenvalue weighted by molar-refractivity contribution is 7.09. The van der Waals surface area contributed by atoms with Crippen molar-refractivity contribution in [2.75, 3.05) is 0 Å². The second-order valence-corrected chi connectivity index (χ2v) is 5.71. The number of rotatable bonds is 5. The molecule has 0 bridgehead atoms. The van der Waals surface area contributed by atoms with E-state index in [-0.39, 0.29) is 6.04 Å². The molecule has 0 aliphatic heterocycles. The van der Waals surface area contributed by atoms with Gasteiger partial charge in [0.25, 0.3) is 0 Å². The maximum absolute atomic E-state index is 5.69. The number of hydrazine groups is 1. The molecule has 0 fully saturated rings. The Bertz CT molecular complexity index is 491. The molecule has 0 aliphatic rings. The van der Waals surface area contributed by atoms with Gasteiger partial charge in [-0.15, -0.1) is 11.3 Å². The summed E-state index contributed by atoms with van der Waals surface area (Å²) in [6, 6.07) is 11.1. The monoisotopic (exact) mass is 260 g/mol. The second-order valence-electron chi connectivity index (χ2n) is 4.68. The molecule has 1 atom stereocenters. The SMILES string of the molecule is Cc1ccc(C(CCc2cccs2)NN)cc1C. The van der Waals surface area contributed by atoms with Crippen LogP contribution in [0.5, 0.6) is 0 Å². The first-order chi connectivity index (χ1) is 8.70. The van der Waals surface area contributed by atoms with Crippen LogP contribution in [0.1, 0.15) is 34.0 Å². The molecule has 18 heavy (non-hydrogen) atoms. The number of benzene rings is 1. The van der Waals surface area contributed by atoms with Crippen molar-refractivity contribution in [2.24, 2.45) is 5.84 Å². The first-order valence-corrected chi connectivity index (χ1v) is 7.14. The minimum atomic E-state index is 0.228. The van der Waals surface area contributed by atoms with Gasteiger partial charge in [-0.25, -0.2) is 0 Å². The van der Waals surface area contributed by atoms with E-state index in [0.717, 1.165) is 12.8 Å². The molecule has 0 aliphatic carbocycles. The zero-order chi connectivity index (χ0) is 13.0. The van der Waals surface area contributed by atoms with E-state index in [1.54, 1.807) is 0 Å². The molecule has 2 aromatic rings. The van der Waals surface area contributed by atoms with Crippen molar-refractivity contribution < 1.29 is 0 Å². The van der Waals surface area contributed by atoms with Crippen LogP contribution in [0.15, 0.2) is 35.7 Å². The summed E-state index contributed by atoms with van der Waals surface area (Å²) in [5.74, 6) is 5.69. The van der Waals surface area contributed by atoms with Gasteiger partial charge in [0.05, 0.1) is 0 Å². The number of aryl methyl sites for hydroxylation is 3. The van der Waals surface area contributed by atoms with Gasteiger partial charge >= 0.3 is 0 Å². The summed E-state index contributed by atoms with van der Waals surface area (Å²) in [4.78, 5) is 1.42. The van der Waals surface area contributed by atoms with Crippen LogP contribution in [-0.4, -0.2) is 0 Å². The van der Waals surface area contributed by atoms with Crippen molar-refractivity contribution in [2.45, 2.75) is 32.7 Å². The Morgan fingerprint density at radius 2 is 2.06 bits per heavy atom. The van der Waals surface area contributed by atoms with E-state index < -0.39 is 0 Å². The Labute approximate surface area is 113 Å². The molecule has 96 valence electrons. The van der Waals surface area contributed by atoms with Crippen LogP contribution >= 0.6 is 11.3 Å². The molecular weight excluding hydrogens is 240 g/mol. The van der Waals surface area contributed by atoms with Gasteiger partial charge in [0, 0.05) is 10.9 Å². The van der Waals surface area contributed by atoms with Gasteiger partial charge in [0.2, 0.25) is 0 Å². The number of nitrogens with two attached hydrogens (primary N) is 1. The number of thiophene rings is 1. The highest BCUT2D eigenvalue weighted by Gasteiger charge is 2.10. The smallest absolute Gasteiger partial charge is 0.0463 e. The van der Waals surface area contributed by atoms with Crippen LogP contribution in [-0.2, 0) is 6.42 Å². The molecular formula is C15H20N2S.